The smallest absolute Gasteiger partial charge is 0.222 e. The van der Waals surface area contributed by atoms with Gasteiger partial charge in [-0.2, -0.15) is 0 Å². The van der Waals surface area contributed by atoms with Gasteiger partial charge in [0.2, 0.25) is 5.28 Å². The topological polar surface area (TPSA) is 35.0 Å². The fourth-order valence-corrected chi connectivity index (χ4v) is 1.27. The Morgan fingerprint density at radius 1 is 1.18 bits per heavy atom. The standard InChI is InChI=1S/C11H7ClF2N2O/c12-11-15-4-9(5-16-11)17-6-7-1-2-8(13)3-10(7)14/h1-5H,6H2. The number of benzene rings is 1. The van der Waals surface area contributed by atoms with Gasteiger partial charge >= 0.3 is 0 Å². The third kappa shape index (κ3) is 3.10. The molecular weight excluding hydrogens is 250 g/mol. The first-order chi connectivity index (χ1) is 8.15. The van der Waals surface area contributed by atoms with Crippen LogP contribution in [0.4, 0.5) is 8.78 Å². The molecule has 6 heteroatoms. The van der Waals surface area contributed by atoms with E-state index in [0.29, 0.717) is 5.75 Å². The summed E-state index contributed by atoms with van der Waals surface area (Å²) in [5, 5.41) is 0.102. The first-order valence-electron chi connectivity index (χ1n) is 4.69. The lowest BCUT2D eigenvalue weighted by Crippen LogP contribution is -1.99. The number of hydrogen-bond donors (Lipinski definition) is 0. The van der Waals surface area contributed by atoms with Crippen molar-refractivity contribution in [2.45, 2.75) is 6.61 Å². The Morgan fingerprint density at radius 3 is 2.53 bits per heavy atom. The molecule has 0 saturated heterocycles. The van der Waals surface area contributed by atoms with Crippen molar-refractivity contribution in [3.63, 3.8) is 0 Å². The molecule has 0 aliphatic carbocycles. The van der Waals surface area contributed by atoms with Crippen molar-refractivity contribution in [2.24, 2.45) is 0 Å². The van der Waals surface area contributed by atoms with Gasteiger partial charge in [0.15, 0.2) is 5.75 Å². The molecule has 1 aromatic heterocycles. The lowest BCUT2D eigenvalue weighted by molar-refractivity contribution is 0.297. The van der Waals surface area contributed by atoms with E-state index in [9.17, 15) is 8.78 Å². The van der Waals surface area contributed by atoms with E-state index < -0.39 is 11.6 Å². The second-order valence-electron chi connectivity index (χ2n) is 3.21. The van der Waals surface area contributed by atoms with E-state index in [0.717, 1.165) is 6.07 Å². The highest BCUT2D eigenvalue weighted by Crippen LogP contribution is 2.14. The molecule has 1 heterocycles. The predicted octanol–water partition coefficient (Wildman–Crippen LogP) is 2.99. The minimum Gasteiger partial charge on any atom is -0.486 e. The first kappa shape index (κ1) is 11.7. The monoisotopic (exact) mass is 256 g/mol. The molecule has 0 unspecified atom stereocenters. The van der Waals surface area contributed by atoms with Crippen LogP contribution in [0.5, 0.6) is 5.75 Å². The van der Waals surface area contributed by atoms with Crippen molar-refractivity contribution in [1.29, 1.82) is 0 Å². The highest BCUT2D eigenvalue weighted by Gasteiger charge is 2.05. The molecule has 0 spiro atoms. The number of nitrogens with zero attached hydrogens (tertiary/aromatic N) is 2. The van der Waals surface area contributed by atoms with Crippen LogP contribution in [0.1, 0.15) is 5.56 Å². The van der Waals surface area contributed by atoms with E-state index in [1.807, 2.05) is 0 Å². The quantitative estimate of drug-likeness (QED) is 0.792. The molecule has 3 nitrogen and oxygen atoms in total. The summed E-state index contributed by atoms with van der Waals surface area (Å²) in [4.78, 5) is 7.41. The van der Waals surface area contributed by atoms with Crippen LogP contribution in [0, 0.1) is 11.6 Å². The summed E-state index contributed by atoms with van der Waals surface area (Å²) in [5.41, 5.74) is 0.251. The molecule has 2 rings (SSSR count). The molecular formula is C11H7ClF2N2O. The molecule has 2 aromatic rings. The molecule has 0 saturated carbocycles. The van der Waals surface area contributed by atoms with E-state index >= 15 is 0 Å². The largest absolute Gasteiger partial charge is 0.486 e. The van der Waals surface area contributed by atoms with Crippen molar-refractivity contribution in [3.05, 3.63) is 53.1 Å². The van der Waals surface area contributed by atoms with Crippen molar-refractivity contribution >= 4 is 11.6 Å². The van der Waals surface area contributed by atoms with Crippen molar-refractivity contribution in [3.8, 4) is 5.75 Å². The van der Waals surface area contributed by atoms with Crippen molar-refractivity contribution in [2.75, 3.05) is 0 Å². The summed E-state index contributed by atoms with van der Waals surface area (Å²) in [6.45, 7) is -0.0306. The van der Waals surface area contributed by atoms with Crippen molar-refractivity contribution in [1.82, 2.24) is 9.97 Å². The summed E-state index contributed by atoms with van der Waals surface area (Å²) in [5.74, 6) is -0.918. The lowest BCUT2D eigenvalue weighted by atomic mass is 10.2. The molecule has 17 heavy (non-hydrogen) atoms. The molecule has 0 fully saturated rings. The van der Waals surface area contributed by atoms with E-state index in [1.165, 1.54) is 24.5 Å². The van der Waals surface area contributed by atoms with Crippen molar-refractivity contribution < 1.29 is 13.5 Å². The summed E-state index contributed by atoms with van der Waals surface area (Å²) in [6, 6.07) is 3.29. The van der Waals surface area contributed by atoms with Crippen LogP contribution in [-0.2, 0) is 6.61 Å². The molecule has 0 bridgehead atoms. The number of hydrogen-bond acceptors (Lipinski definition) is 3. The second kappa shape index (κ2) is 5.05. The number of halogens is 3. The molecule has 1 aromatic carbocycles. The highest BCUT2D eigenvalue weighted by atomic mass is 35.5. The van der Waals surface area contributed by atoms with Gasteiger partial charge in [0.25, 0.3) is 0 Å². The third-order valence-electron chi connectivity index (χ3n) is 2.01. The normalized spacial score (nSPS) is 10.3. The number of rotatable bonds is 3. The zero-order chi connectivity index (χ0) is 12.3. The maximum Gasteiger partial charge on any atom is 0.222 e. The fourth-order valence-electron chi connectivity index (χ4n) is 1.17. The van der Waals surface area contributed by atoms with Crippen LogP contribution in [-0.4, -0.2) is 9.97 Å². The zero-order valence-corrected chi connectivity index (χ0v) is 9.29. The van der Waals surface area contributed by atoms with Gasteiger partial charge in [0.1, 0.15) is 18.2 Å². The summed E-state index contributed by atoms with van der Waals surface area (Å²) in [6.07, 6.45) is 2.74. The molecule has 0 aliphatic heterocycles. The minimum atomic E-state index is -0.653. The minimum absolute atomic E-state index is 0.0306. The second-order valence-corrected chi connectivity index (χ2v) is 3.55. The van der Waals surface area contributed by atoms with Gasteiger partial charge in [0, 0.05) is 11.6 Å². The Labute approximate surface area is 101 Å². The van der Waals surface area contributed by atoms with Crippen LogP contribution >= 0.6 is 11.6 Å². The predicted molar refractivity (Wildman–Crippen MR) is 57.7 cm³/mol. The Balaban J connectivity index is 2.04. The molecule has 0 radical (unpaired) electrons. The van der Waals surface area contributed by atoms with Gasteiger partial charge in [-0.25, -0.2) is 18.7 Å². The fraction of sp³-hybridized carbons (Fsp3) is 0.0909. The van der Waals surface area contributed by atoms with E-state index in [4.69, 9.17) is 16.3 Å². The maximum absolute atomic E-state index is 13.2. The summed E-state index contributed by atoms with van der Waals surface area (Å²) in [7, 11) is 0. The number of aromatic nitrogens is 2. The van der Waals surface area contributed by atoms with Gasteiger partial charge in [0.05, 0.1) is 12.4 Å². The summed E-state index contributed by atoms with van der Waals surface area (Å²) < 4.78 is 31.1. The molecule has 0 atom stereocenters. The van der Waals surface area contributed by atoms with E-state index in [1.54, 1.807) is 0 Å². The van der Waals surface area contributed by atoms with Crippen LogP contribution < -0.4 is 4.74 Å². The van der Waals surface area contributed by atoms with Crippen LogP contribution in [0.15, 0.2) is 30.6 Å². The average Bonchev–Trinajstić information content (AvgIpc) is 2.30. The Morgan fingerprint density at radius 2 is 1.88 bits per heavy atom. The number of ether oxygens (including phenoxy) is 1. The highest BCUT2D eigenvalue weighted by molar-refractivity contribution is 6.28. The van der Waals surface area contributed by atoms with Crippen LogP contribution in [0.3, 0.4) is 0 Å². The van der Waals surface area contributed by atoms with Gasteiger partial charge in [-0.1, -0.05) is 0 Å². The first-order valence-corrected chi connectivity index (χ1v) is 5.07. The van der Waals surface area contributed by atoms with E-state index in [-0.39, 0.29) is 17.5 Å². The molecule has 0 amide bonds. The SMILES string of the molecule is Fc1ccc(COc2cnc(Cl)nc2)c(F)c1. The van der Waals surface area contributed by atoms with Gasteiger partial charge < -0.3 is 4.74 Å². The van der Waals surface area contributed by atoms with Gasteiger partial charge in [-0.3, -0.25) is 0 Å². The molecule has 0 aliphatic rings. The maximum atomic E-state index is 13.2. The third-order valence-corrected chi connectivity index (χ3v) is 2.20. The zero-order valence-electron chi connectivity index (χ0n) is 8.53. The summed E-state index contributed by atoms with van der Waals surface area (Å²) >= 11 is 5.49. The molecule has 0 N–H and O–H groups in total. The van der Waals surface area contributed by atoms with Gasteiger partial charge in [-0.05, 0) is 23.7 Å². The van der Waals surface area contributed by atoms with Crippen LogP contribution in [0.25, 0.3) is 0 Å². The Bertz CT molecular complexity index is 519. The van der Waals surface area contributed by atoms with Gasteiger partial charge in [-0.15, -0.1) is 0 Å². The van der Waals surface area contributed by atoms with E-state index in [2.05, 4.69) is 9.97 Å². The average molecular weight is 257 g/mol. The Hall–Kier alpha value is -1.75. The lowest BCUT2D eigenvalue weighted by Gasteiger charge is -2.06. The van der Waals surface area contributed by atoms with Crippen LogP contribution in [0.2, 0.25) is 5.28 Å². The molecule has 88 valence electrons. The Kier molecular flexibility index (Phi) is 3.49.